The molecule has 3 aromatic rings. The van der Waals surface area contributed by atoms with Gasteiger partial charge >= 0.3 is 6.18 Å². The molecule has 0 saturated heterocycles. The molecule has 0 radical (unpaired) electrons. The van der Waals surface area contributed by atoms with Gasteiger partial charge in [-0.3, -0.25) is 4.98 Å². The van der Waals surface area contributed by atoms with E-state index in [2.05, 4.69) is 29.2 Å². The van der Waals surface area contributed by atoms with Crippen LogP contribution in [0.2, 0.25) is 0 Å². The Kier molecular flexibility index (Phi) is 3.78. The molecule has 1 aromatic heterocycles. The van der Waals surface area contributed by atoms with Crippen molar-refractivity contribution >= 4 is 10.9 Å². The van der Waals surface area contributed by atoms with Crippen molar-refractivity contribution in [2.45, 2.75) is 38.8 Å². The zero-order valence-electron chi connectivity index (χ0n) is 14.0. The fourth-order valence-corrected chi connectivity index (χ4v) is 3.66. The normalized spacial score (nSPS) is 14.6. The number of halogens is 3. The Morgan fingerprint density at radius 1 is 0.800 bits per heavy atom. The number of alkyl halides is 3. The highest BCUT2D eigenvalue weighted by Gasteiger charge is 2.34. The summed E-state index contributed by atoms with van der Waals surface area (Å²) in [5.74, 6) is 0. The fraction of sp³-hybridized carbons (Fsp3) is 0.286. The monoisotopic (exact) mass is 341 g/mol. The van der Waals surface area contributed by atoms with Gasteiger partial charge in [0.2, 0.25) is 0 Å². The maximum atomic E-state index is 13.7. The number of benzene rings is 2. The largest absolute Gasteiger partial charge is 0.417 e. The van der Waals surface area contributed by atoms with Crippen LogP contribution in [0.25, 0.3) is 10.9 Å². The van der Waals surface area contributed by atoms with Gasteiger partial charge in [0.15, 0.2) is 0 Å². The highest BCUT2D eigenvalue weighted by atomic mass is 19.4. The van der Waals surface area contributed by atoms with Crippen LogP contribution in [0.4, 0.5) is 13.2 Å². The van der Waals surface area contributed by atoms with E-state index in [0.29, 0.717) is 24.1 Å². The first-order valence-corrected chi connectivity index (χ1v) is 8.49. The van der Waals surface area contributed by atoms with Crippen molar-refractivity contribution in [2.75, 3.05) is 0 Å². The molecule has 0 N–H and O–H groups in total. The first-order valence-electron chi connectivity index (χ1n) is 8.49. The summed E-state index contributed by atoms with van der Waals surface area (Å²) in [4.78, 5) is 4.50. The Bertz CT molecular complexity index is 940. The van der Waals surface area contributed by atoms with Crippen LogP contribution in [0, 0.1) is 6.92 Å². The Labute approximate surface area is 144 Å². The standard InChI is InChI=1S/C21H18F3N/c1-13-12-18(21(22,23)24)19-16-8-6-14-2-4-15(5-3-14)7-9-17(11-10-16)20(19)25-13/h2-5,10-12H,6-9H2,1H3. The molecule has 0 atom stereocenters. The molecule has 1 heterocycles. The quantitative estimate of drug-likeness (QED) is 0.530. The second-order valence-electron chi connectivity index (χ2n) is 6.73. The second kappa shape index (κ2) is 5.87. The third-order valence-electron chi connectivity index (χ3n) is 4.95. The van der Waals surface area contributed by atoms with Gasteiger partial charge in [0.1, 0.15) is 0 Å². The molecule has 0 fully saturated rings. The molecule has 0 aliphatic heterocycles. The van der Waals surface area contributed by atoms with Crippen LogP contribution < -0.4 is 0 Å². The summed E-state index contributed by atoms with van der Waals surface area (Å²) >= 11 is 0. The minimum atomic E-state index is -4.38. The number of pyridine rings is 1. The summed E-state index contributed by atoms with van der Waals surface area (Å²) in [7, 11) is 0. The van der Waals surface area contributed by atoms with Crippen LogP contribution in [0.1, 0.15) is 33.5 Å². The zero-order chi connectivity index (χ0) is 17.6. The van der Waals surface area contributed by atoms with Crippen LogP contribution in [0.15, 0.2) is 42.5 Å². The molecule has 2 aromatic carbocycles. The summed E-state index contributed by atoms with van der Waals surface area (Å²) in [5, 5.41) is 0.283. The van der Waals surface area contributed by atoms with Gasteiger partial charge < -0.3 is 0 Å². The van der Waals surface area contributed by atoms with Crippen molar-refractivity contribution in [3.05, 3.63) is 76.0 Å². The van der Waals surface area contributed by atoms with E-state index in [9.17, 15) is 13.2 Å². The lowest BCUT2D eigenvalue weighted by Gasteiger charge is -2.18. The van der Waals surface area contributed by atoms with Crippen molar-refractivity contribution in [3.63, 3.8) is 0 Å². The highest BCUT2D eigenvalue weighted by Crippen LogP contribution is 2.38. The summed E-state index contributed by atoms with van der Waals surface area (Å²) in [6.45, 7) is 1.63. The van der Waals surface area contributed by atoms with Gasteiger partial charge in [0.25, 0.3) is 0 Å². The van der Waals surface area contributed by atoms with Crippen LogP contribution in [0.5, 0.6) is 0 Å². The lowest BCUT2D eigenvalue weighted by molar-refractivity contribution is -0.136. The molecule has 4 bridgehead atoms. The molecule has 25 heavy (non-hydrogen) atoms. The van der Waals surface area contributed by atoms with Gasteiger partial charge in [-0.2, -0.15) is 13.2 Å². The first-order chi connectivity index (χ1) is 11.9. The number of rotatable bonds is 0. The van der Waals surface area contributed by atoms with E-state index in [1.807, 2.05) is 12.1 Å². The SMILES string of the molecule is Cc1cc(C(F)(F)F)c2c3ccc(c2n1)CCc1ccc(cc1)CC3. The summed E-state index contributed by atoms with van der Waals surface area (Å²) in [6.07, 6.45) is -1.60. The highest BCUT2D eigenvalue weighted by molar-refractivity contribution is 5.89. The van der Waals surface area contributed by atoms with Crippen molar-refractivity contribution in [1.29, 1.82) is 0 Å². The third-order valence-corrected chi connectivity index (χ3v) is 4.95. The van der Waals surface area contributed by atoms with Gasteiger partial charge in [-0.05, 0) is 60.9 Å². The van der Waals surface area contributed by atoms with Gasteiger partial charge in [-0.25, -0.2) is 0 Å². The number of aryl methyl sites for hydroxylation is 5. The third kappa shape index (κ3) is 3.01. The topological polar surface area (TPSA) is 12.9 Å². The van der Waals surface area contributed by atoms with Crippen LogP contribution in [0.3, 0.4) is 0 Å². The zero-order valence-corrected chi connectivity index (χ0v) is 14.0. The Hall–Kier alpha value is -2.36. The van der Waals surface area contributed by atoms with E-state index in [0.717, 1.165) is 29.5 Å². The van der Waals surface area contributed by atoms with E-state index in [1.54, 1.807) is 6.92 Å². The van der Waals surface area contributed by atoms with E-state index >= 15 is 0 Å². The van der Waals surface area contributed by atoms with Crippen LogP contribution in [-0.2, 0) is 31.9 Å². The van der Waals surface area contributed by atoms with Crippen molar-refractivity contribution in [3.8, 4) is 0 Å². The molecular formula is C21H18F3N. The lowest BCUT2D eigenvalue weighted by Crippen LogP contribution is -2.10. The molecule has 0 amide bonds. The molecule has 7 rings (SSSR count). The van der Waals surface area contributed by atoms with Crippen LogP contribution >= 0.6 is 0 Å². The van der Waals surface area contributed by atoms with E-state index in [1.165, 1.54) is 11.6 Å². The predicted molar refractivity (Wildman–Crippen MR) is 92.7 cm³/mol. The van der Waals surface area contributed by atoms with E-state index in [4.69, 9.17) is 0 Å². The molecule has 128 valence electrons. The van der Waals surface area contributed by atoms with Gasteiger partial charge in [-0.1, -0.05) is 36.4 Å². The second-order valence-corrected chi connectivity index (χ2v) is 6.73. The molecule has 0 spiro atoms. The summed E-state index contributed by atoms with van der Waals surface area (Å²) < 4.78 is 41.1. The molecule has 4 aliphatic carbocycles. The Morgan fingerprint density at radius 3 is 1.96 bits per heavy atom. The fourth-order valence-electron chi connectivity index (χ4n) is 3.66. The van der Waals surface area contributed by atoms with Crippen LogP contribution in [-0.4, -0.2) is 4.98 Å². The predicted octanol–water partition coefficient (Wildman–Crippen LogP) is 5.45. The van der Waals surface area contributed by atoms with Gasteiger partial charge in [0.05, 0.1) is 11.1 Å². The van der Waals surface area contributed by atoms with Gasteiger partial charge in [0, 0.05) is 11.1 Å². The Balaban J connectivity index is 1.99. The lowest BCUT2D eigenvalue weighted by atomic mass is 9.91. The number of hydrogen-bond donors (Lipinski definition) is 0. The maximum absolute atomic E-state index is 13.7. The Morgan fingerprint density at radius 2 is 1.36 bits per heavy atom. The summed E-state index contributed by atoms with van der Waals surface area (Å²) in [6, 6.07) is 13.4. The first kappa shape index (κ1) is 16.1. The van der Waals surface area contributed by atoms with Crippen molar-refractivity contribution < 1.29 is 13.2 Å². The van der Waals surface area contributed by atoms with E-state index in [-0.39, 0.29) is 5.39 Å². The molecular weight excluding hydrogens is 323 g/mol. The molecule has 0 saturated carbocycles. The average Bonchev–Trinajstić information content (AvgIpc) is 2.55. The molecule has 4 heteroatoms. The minimum absolute atomic E-state index is 0.283. The molecule has 1 nitrogen and oxygen atoms in total. The van der Waals surface area contributed by atoms with Crippen molar-refractivity contribution in [2.24, 2.45) is 0 Å². The number of hydrogen-bond acceptors (Lipinski definition) is 1. The number of nitrogens with zero attached hydrogens (tertiary/aromatic N) is 1. The van der Waals surface area contributed by atoms with E-state index < -0.39 is 11.7 Å². The molecule has 0 unspecified atom stereocenters. The van der Waals surface area contributed by atoms with Crippen molar-refractivity contribution in [1.82, 2.24) is 4.98 Å². The summed E-state index contributed by atoms with van der Waals surface area (Å²) in [5.41, 5.74) is 4.33. The molecule has 4 aliphatic rings. The average molecular weight is 341 g/mol. The van der Waals surface area contributed by atoms with Gasteiger partial charge in [-0.15, -0.1) is 0 Å². The smallest absolute Gasteiger partial charge is 0.253 e. The number of aromatic nitrogens is 1. The minimum Gasteiger partial charge on any atom is -0.253 e. The maximum Gasteiger partial charge on any atom is 0.417 e.